The predicted octanol–water partition coefficient (Wildman–Crippen LogP) is 1.85. The number of amides is 1. The molecule has 0 unspecified atom stereocenters. The molecule has 0 aliphatic carbocycles. The van der Waals surface area contributed by atoms with Crippen molar-refractivity contribution in [1.82, 2.24) is 5.32 Å². The minimum atomic E-state index is -0.905. The highest BCUT2D eigenvalue weighted by Crippen LogP contribution is 2.17. The average Bonchev–Trinajstić information content (AvgIpc) is 2.23. The van der Waals surface area contributed by atoms with E-state index >= 15 is 0 Å². The third kappa shape index (κ3) is 2.79. The van der Waals surface area contributed by atoms with Crippen molar-refractivity contribution in [1.29, 1.82) is 0 Å². The second-order valence-electron chi connectivity index (χ2n) is 3.19. The molecule has 0 aliphatic heterocycles. The van der Waals surface area contributed by atoms with Crippen molar-refractivity contribution in [2.24, 2.45) is 0 Å². The molecule has 0 atom stereocenters. The highest BCUT2D eigenvalue weighted by molar-refractivity contribution is 5.95. The molecule has 86 valence electrons. The molecular weight excluding hydrogens is 214 g/mol. The number of benzene rings is 1. The minimum Gasteiger partial charge on any atom is -0.396 e. The van der Waals surface area contributed by atoms with Gasteiger partial charge >= 0.3 is 0 Å². The van der Waals surface area contributed by atoms with Gasteiger partial charge in [0.25, 0.3) is 5.91 Å². The first kappa shape index (κ1) is 12.2. The summed E-state index contributed by atoms with van der Waals surface area (Å²) >= 11 is 0. The molecule has 0 fully saturated rings. The molecule has 0 bridgehead atoms. The van der Waals surface area contributed by atoms with Gasteiger partial charge in [0.1, 0.15) is 5.82 Å². The molecule has 1 amide bonds. The summed E-state index contributed by atoms with van der Waals surface area (Å²) in [5.74, 6) is -2.34. The third-order valence-electron chi connectivity index (χ3n) is 1.94. The van der Waals surface area contributed by atoms with E-state index in [1.807, 2.05) is 0 Å². The van der Waals surface area contributed by atoms with Crippen LogP contribution in [0.2, 0.25) is 0 Å². The standard InChI is InChI=1S/C11H12F2N2O/c1-2-3-4-15-11(16)8-5-7(12)6-9(14)10(8)13/h2,5-6H,1,3-4,14H2,(H,15,16). The monoisotopic (exact) mass is 226 g/mol. The van der Waals surface area contributed by atoms with E-state index in [2.05, 4.69) is 11.9 Å². The first-order chi connectivity index (χ1) is 7.56. The number of carbonyl (C=O) groups is 1. The molecule has 3 N–H and O–H groups in total. The van der Waals surface area contributed by atoms with E-state index in [1.54, 1.807) is 6.08 Å². The average molecular weight is 226 g/mol. The third-order valence-corrected chi connectivity index (χ3v) is 1.94. The molecule has 0 heterocycles. The van der Waals surface area contributed by atoms with E-state index < -0.39 is 17.5 Å². The van der Waals surface area contributed by atoms with Crippen molar-refractivity contribution < 1.29 is 13.6 Å². The van der Waals surface area contributed by atoms with E-state index in [9.17, 15) is 13.6 Å². The molecule has 0 saturated carbocycles. The number of carbonyl (C=O) groups excluding carboxylic acids is 1. The molecular formula is C11H12F2N2O. The van der Waals surface area contributed by atoms with Gasteiger partial charge < -0.3 is 11.1 Å². The maximum Gasteiger partial charge on any atom is 0.254 e. The van der Waals surface area contributed by atoms with Crippen molar-refractivity contribution in [3.05, 3.63) is 42.0 Å². The largest absolute Gasteiger partial charge is 0.396 e. The van der Waals surface area contributed by atoms with E-state index in [4.69, 9.17) is 5.73 Å². The number of nitrogens with two attached hydrogens (primary N) is 1. The van der Waals surface area contributed by atoms with Crippen LogP contribution >= 0.6 is 0 Å². The summed E-state index contributed by atoms with van der Waals surface area (Å²) in [6, 6.07) is 1.64. The predicted molar refractivity (Wildman–Crippen MR) is 57.9 cm³/mol. The maximum absolute atomic E-state index is 13.4. The second-order valence-corrected chi connectivity index (χ2v) is 3.19. The zero-order valence-corrected chi connectivity index (χ0v) is 8.59. The summed E-state index contributed by atoms with van der Waals surface area (Å²) in [4.78, 5) is 11.4. The molecule has 0 aromatic heterocycles. The zero-order valence-electron chi connectivity index (χ0n) is 8.59. The Labute approximate surface area is 91.9 Å². The van der Waals surface area contributed by atoms with Crippen LogP contribution in [0.5, 0.6) is 0 Å². The van der Waals surface area contributed by atoms with Crippen LogP contribution in [0, 0.1) is 11.6 Å². The van der Waals surface area contributed by atoms with Gasteiger partial charge in [-0.15, -0.1) is 6.58 Å². The van der Waals surface area contributed by atoms with Crippen molar-refractivity contribution in [3.63, 3.8) is 0 Å². The molecule has 0 spiro atoms. The molecule has 0 aliphatic rings. The van der Waals surface area contributed by atoms with E-state index in [-0.39, 0.29) is 11.3 Å². The smallest absolute Gasteiger partial charge is 0.254 e. The number of hydrogen-bond donors (Lipinski definition) is 2. The first-order valence-electron chi connectivity index (χ1n) is 4.70. The summed E-state index contributed by atoms with van der Waals surface area (Å²) in [5, 5.41) is 2.42. The van der Waals surface area contributed by atoms with Gasteiger partial charge in [-0.2, -0.15) is 0 Å². The first-order valence-corrected chi connectivity index (χ1v) is 4.70. The highest BCUT2D eigenvalue weighted by Gasteiger charge is 2.15. The fourth-order valence-corrected chi connectivity index (χ4v) is 1.16. The molecule has 0 saturated heterocycles. The van der Waals surface area contributed by atoms with E-state index in [0.717, 1.165) is 12.1 Å². The number of rotatable bonds is 4. The Hall–Kier alpha value is -1.91. The van der Waals surface area contributed by atoms with Crippen LogP contribution in [0.15, 0.2) is 24.8 Å². The minimum absolute atomic E-state index is 0.318. The molecule has 1 rings (SSSR count). The topological polar surface area (TPSA) is 55.1 Å². The van der Waals surface area contributed by atoms with Gasteiger partial charge in [0.05, 0.1) is 11.3 Å². The molecule has 1 aromatic rings. The van der Waals surface area contributed by atoms with Crippen LogP contribution in [0.4, 0.5) is 14.5 Å². The normalized spacial score (nSPS) is 9.88. The summed E-state index contributed by atoms with van der Waals surface area (Å²) < 4.78 is 26.3. The SMILES string of the molecule is C=CCCNC(=O)c1cc(F)cc(N)c1F. The van der Waals surface area contributed by atoms with Crippen LogP contribution in [-0.4, -0.2) is 12.5 Å². The molecule has 5 heteroatoms. The van der Waals surface area contributed by atoms with Crippen molar-refractivity contribution in [2.75, 3.05) is 12.3 Å². The van der Waals surface area contributed by atoms with Gasteiger partial charge in [-0.1, -0.05) is 6.08 Å². The van der Waals surface area contributed by atoms with Crippen molar-refractivity contribution in [3.8, 4) is 0 Å². The van der Waals surface area contributed by atoms with Gasteiger partial charge in [-0.3, -0.25) is 4.79 Å². The zero-order chi connectivity index (χ0) is 12.1. The Morgan fingerprint density at radius 1 is 1.50 bits per heavy atom. The maximum atomic E-state index is 13.4. The fraction of sp³-hybridized carbons (Fsp3) is 0.182. The Bertz CT molecular complexity index is 419. The van der Waals surface area contributed by atoms with Crippen molar-refractivity contribution >= 4 is 11.6 Å². The van der Waals surface area contributed by atoms with E-state index in [0.29, 0.717) is 13.0 Å². The lowest BCUT2D eigenvalue weighted by atomic mass is 10.1. The Morgan fingerprint density at radius 2 is 2.19 bits per heavy atom. The Balaban J connectivity index is 2.86. The van der Waals surface area contributed by atoms with Gasteiger partial charge in [-0.05, 0) is 18.6 Å². The lowest BCUT2D eigenvalue weighted by molar-refractivity contribution is 0.0950. The summed E-state index contributed by atoms with van der Waals surface area (Å²) in [6.45, 7) is 3.79. The number of anilines is 1. The quantitative estimate of drug-likeness (QED) is 0.467. The molecule has 1 aromatic carbocycles. The van der Waals surface area contributed by atoms with Gasteiger partial charge in [0.2, 0.25) is 0 Å². The number of halogens is 2. The van der Waals surface area contributed by atoms with Crippen LogP contribution in [-0.2, 0) is 0 Å². The van der Waals surface area contributed by atoms with Gasteiger partial charge in [0.15, 0.2) is 5.82 Å². The molecule has 0 radical (unpaired) electrons. The highest BCUT2D eigenvalue weighted by atomic mass is 19.1. The number of hydrogen-bond acceptors (Lipinski definition) is 2. The van der Waals surface area contributed by atoms with Crippen LogP contribution in [0.3, 0.4) is 0 Å². The summed E-state index contributed by atoms with van der Waals surface area (Å²) in [6.07, 6.45) is 2.16. The van der Waals surface area contributed by atoms with E-state index in [1.165, 1.54) is 0 Å². The summed E-state index contributed by atoms with van der Waals surface area (Å²) in [5.41, 5.74) is 4.43. The molecule has 3 nitrogen and oxygen atoms in total. The number of nitrogen functional groups attached to an aromatic ring is 1. The Morgan fingerprint density at radius 3 is 2.81 bits per heavy atom. The second kappa shape index (κ2) is 5.25. The van der Waals surface area contributed by atoms with Crippen LogP contribution in [0.1, 0.15) is 16.8 Å². The van der Waals surface area contributed by atoms with Crippen molar-refractivity contribution in [2.45, 2.75) is 6.42 Å². The van der Waals surface area contributed by atoms with Gasteiger partial charge in [-0.25, -0.2) is 8.78 Å². The molecule has 16 heavy (non-hydrogen) atoms. The lowest BCUT2D eigenvalue weighted by Gasteiger charge is -2.06. The van der Waals surface area contributed by atoms with Crippen LogP contribution < -0.4 is 11.1 Å². The lowest BCUT2D eigenvalue weighted by Crippen LogP contribution is -2.25. The number of nitrogens with one attached hydrogen (secondary N) is 1. The Kier molecular flexibility index (Phi) is 3.99. The van der Waals surface area contributed by atoms with Gasteiger partial charge in [0, 0.05) is 6.54 Å². The van der Waals surface area contributed by atoms with Crippen LogP contribution in [0.25, 0.3) is 0 Å². The summed E-state index contributed by atoms with van der Waals surface area (Å²) in [7, 11) is 0. The fourth-order valence-electron chi connectivity index (χ4n) is 1.16.